The molecule has 0 aliphatic heterocycles. The molecule has 1 amide bonds. The minimum Gasteiger partial charge on any atom is -0.406 e. The lowest BCUT2D eigenvalue weighted by atomic mass is 10.0. The van der Waals surface area contributed by atoms with Crippen LogP contribution in [0.2, 0.25) is 0 Å². The van der Waals surface area contributed by atoms with Gasteiger partial charge in [0.1, 0.15) is 5.82 Å². The maximum absolute atomic E-state index is 14.3. The molecule has 2 aromatic carbocycles. The molecule has 4 aromatic rings. The Hall–Kier alpha value is -4.19. The van der Waals surface area contributed by atoms with Gasteiger partial charge in [-0.3, -0.25) is 9.36 Å². The third-order valence-corrected chi connectivity index (χ3v) is 5.90. The smallest absolute Gasteiger partial charge is 0.406 e. The molecule has 2 heterocycles. The molecule has 0 aliphatic rings. The van der Waals surface area contributed by atoms with Gasteiger partial charge in [-0.2, -0.15) is 23.4 Å². The standard InChI is InChI=1S/C26H26F4N6O2/c1-16-10-33-35(12-16)13-18-3-5-19(6-4-18)14-36-15-22(24(34-36)26(28,29)30)38-25(37)32-11-21-8-7-20(9-31)23(27)17(21)2/h3-8,10,12,15H,9,11,13-14,31H2,1-2H3,(H,32,37). The van der Waals surface area contributed by atoms with E-state index in [-0.39, 0.29) is 25.2 Å². The van der Waals surface area contributed by atoms with E-state index in [4.69, 9.17) is 10.5 Å². The summed E-state index contributed by atoms with van der Waals surface area (Å²) in [4.78, 5) is 12.3. The van der Waals surface area contributed by atoms with Crippen molar-refractivity contribution in [1.82, 2.24) is 24.9 Å². The van der Waals surface area contributed by atoms with Crippen LogP contribution in [0.15, 0.2) is 55.0 Å². The SMILES string of the molecule is Cc1cnn(Cc2ccc(Cn3cc(OC(=O)NCc4ccc(CN)c(F)c4C)c(C(F)(F)F)n3)cc2)c1. The van der Waals surface area contributed by atoms with Crippen molar-refractivity contribution < 1.29 is 27.1 Å². The fourth-order valence-corrected chi connectivity index (χ4v) is 3.87. The second kappa shape index (κ2) is 11.1. The summed E-state index contributed by atoms with van der Waals surface area (Å²) in [5, 5.41) is 10.2. The van der Waals surface area contributed by atoms with Crippen LogP contribution in [0.1, 0.15) is 39.1 Å². The van der Waals surface area contributed by atoms with E-state index >= 15 is 0 Å². The van der Waals surface area contributed by atoms with E-state index in [1.807, 2.05) is 25.3 Å². The van der Waals surface area contributed by atoms with Gasteiger partial charge in [0, 0.05) is 24.8 Å². The molecule has 12 heteroatoms. The van der Waals surface area contributed by atoms with Gasteiger partial charge < -0.3 is 15.8 Å². The summed E-state index contributed by atoms with van der Waals surface area (Å²) in [5.41, 5.74) is 7.91. The van der Waals surface area contributed by atoms with Crippen LogP contribution in [-0.4, -0.2) is 25.7 Å². The number of halogens is 4. The van der Waals surface area contributed by atoms with E-state index in [0.29, 0.717) is 23.2 Å². The molecule has 0 fully saturated rings. The van der Waals surface area contributed by atoms with Crippen molar-refractivity contribution in [2.24, 2.45) is 5.73 Å². The molecule has 0 atom stereocenters. The average molecular weight is 531 g/mol. The van der Waals surface area contributed by atoms with Crippen LogP contribution in [0.4, 0.5) is 22.4 Å². The number of ether oxygens (including phenoxy) is 1. The first kappa shape index (κ1) is 26.9. The number of hydrogen-bond donors (Lipinski definition) is 2. The fraction of sp³-hybridized carbons (Fsp3) is 0.269. The first-order chi connectivity index (χ1) is 18.0. The lowest BCUT2D eigenvalue weighted by Gasteiger charge is -2.11. The van der Waals surface area contributed by atoms with E-state index in [2.05, 4.69) is 15.5 Å². The van der Waals surface area contributed by atoms with Crippen LogP contribution in [0.5, 0.6) is 5.75 Å². The molecule has 8 nitrogen and oxygen atoms in total. The maximum atomic E-state index is 14.3. The van der Waals surface area contributed by atoms with Gasteiger partial charge in [0.05, 0.1) is 25.5 Å². The Bertz CT molecular complexity index is 1430. The van der Waals surface area contributed by atoms with Crippen LogP contribution in [-0.2, 0) is 32.4 Å². The fourth-order valence-electron chi connectivity index (χ4n) is 3.87. The zero-order chi connectivity index (χ0) is 27.4. The maximum Gasteiger partial charge on any atom is 0.438 e. The molecule has 0 radical (unpaired) electrons. The second-order valence-corrected chi connectivity index (χ2v) is 8.84. The van der Waals surface area contributed by atoms with Gasteiger partial charge in [0.15, 0.2) is 5.75 Å². The highest BCUT2D eigenvalue weighted by Gasteiger charge is 2.39. The van der Waals surface area contributed by atoms with Crippen molar-refractivity contribution in [2.75, 3.05) is 0 Å². The monoisotopic (exact) mass is 530 g/mol. The van der Waals surface area contributed by atoms with E-state index in [0.717, 1.165) is 22.0 Å². The molecule has 0 saturated carbocycles. The van der Waals surface area contributed by atoms with Crippen molar-refractivity contribution >= 4 is 6.09 Å². The van der Waals surface area contributed by atoms with Gasteiger partial charge in [0.2, 0.25) is 5.69 Å². The highest BCUT2D eigenvalue weighted by molar-refractivity contribution is 5.70. The van der Waals surface area contributed by atoms with Crippen LogP contribution >= 0.6 is 0 Å². The molecule has 2 aromatic heterocycles. The van der Waals surface area contributed by atoms with Crippen molar-refractivity contribution in [1.29, 1.82) is 0 Å². The Morgan fingerprint density at radius 2 is 1.63 bits per heavy atom. The number of carbonyl (C=O) groups is 1. The topological polar surface area (TPSA) is 100.0 Å². The zero-order valence-corrected chi connectivity index (χ0v) is 20.7. The Labute approximate surface area is 216 Å². The third kappa shape index (κ3) is 6.38. The molecule has 3 N–H and O–H groups in total. The molecule has 0 spiro atoms. The molecule has 0 unspecified atom stereocenters. The van der Waals surface area contributed by atoms with Crippen molar-refractivity contribution in [3.63, 3.8) is 0 Å². The van der Waals surface area contributed by atoms with Crippen LogP contribution in [0.25, 0.3) is 0 Å². The Kier molecular flexibility index (Phi) is 7.81. The van der Waals surface area contributed by atoms with Gasteiger partial charge in [-0.05, 0) is 41.7 Å². The van der Waals surface area contributed by atoms with Gasteiger partial charge in [-0.1, -0.05) is 36.4 Å². The number of nitrogens with two attached hydrogens (primary N) is 1. The first-order valence-electron chi connectivity index (χ1n) is 11.7. The minimum absolute atomic E-state index is 0.0156. The number of nitrogens with one attached hydrogen (secondary N) is 1. The number of carbonyl (C=O) groups excluding carboxylic acids is 1. The largest absolute Gasteiger partial charge is 0.438 e. The van der Waals surface area contributed by atoms with E-state index in [1.165, 1.54) is 13.0 Å². The quantitative estimate of drug-likeness (QED) is 0.322. The second-order valence-electron chi connectivity index (χ2n) is 8.84. The molecule has 0 saturated heterocycles. The normalized spacial score (nSPS) is 11.6. The Balaban J connectivity index is 1.42. The van der Waals surface area contributed by atoms with Crippen molar-refractivity contribution in [3.8, 4) is 5.75 Å². The van der Waals surface area contributed by atoms with Gasteiger partial charge >= 0.3 is 12.3 Å². The summed E-state index contributed by atoms with van der Waals surface area (Å²) in [6, 6.07) is 10.4. The number of alkyl halides is 3. The Morgan fingerprint density at radius 1 is 1.00 bits per heavy atom. The molecule has 200 valence electrons. The summed E-state index contributed by atoms with van der Waals surface area (Å²) in [6.07, 6.45) is -1.29. The van der Waals surface area contributed by atoms with Crippen LogP contribution in [0.3, 0.4) is 0 Å². The van der Waals surface area contributed by atoms with E-state index < -0.39 is 29.5 Å². The third-order valence-electron chi connectivity index (χ3n) is 5.90. The first-order valence-corrected chi connectivity index (χ1v) is 11.7. The summed E-state index contributed by atoms with van der Waals surface area (Å²) in [5.74, 6) is -1.23. The molecular formula is C26H26F4N6O2. The van der Waals surface area contributed by atoms with Crippen molar-refractivity contribution in [3.05, 3.63) is 99.9 Å². The Morgan fingerprint density at radius 3 is 2.21 bits per heavy atom. The van der Waals surface area contributed by atoms with Gasteiger partial charge in [0.25, 0.3) is 0 Å². The summed E-state index contributed by atoms with van der Waals surface area (Å²) in [7, 11) is 0. The number of rotatable bonds is 8. The lowest BCUT2D eigenvalue weighted by Crippen LogP contribution is -2.27. The number of hydrogen-bond acceptors (Lipinski definition) is 5. The van der Waals surface area contributed by atoms with Crippen molar-refractivity contribution in [2.45, 2.75) is 46.2 Å². The number of aromatic nitrogens is 4. The molecule has 38 heavy (non-hydrogen) atoms. The number of benzene rings is 2. The lowest BCUT2D eigenvalue weighted by molar-refractivity contribution is -0.142. The number of amides is 1. The molecule has 0 aliphatic carbocycles. The van der Waals surface area contributed by atoms with E-state index in [9.17, 15) is 22.4 Å². The van der Waals surface area contributed by atoms with Gasteiger partial charge in [-0.15, -0.1) is 0 Å². The predicted molar refractivity (Wildman–Crippen MR) is 131 cm³/mol. The van der Waals surface area contributed by atoms with E-state index in [1.54, 1.807) is 29.1 Å². The highest BCUT2D eigenvalue weighted by Crippen LogP contribution is 2.35. The molecule has 4 rings (SSSR count). The highest BCUT2D eigenvalue weighted by atomic mass is 19.4. The van der Waals surface area contributed by atoms with Crippen LogP contribution in [0, 0.1) is 19.7 Å². The zero-order valence-electron chi connectivity index (χ0n) is 20.7. The number of aryl methyl sites for hydroxylation is 1. The summed E-state index contributed by atoms with van der Waals surface area (Å²) < 4.78 is 62.8. The summed E-state index contributed by atoms with van der Waals surface area (Å²) >= 11 is 0. The number of nitrogens with zero attached hydrogens (tertiary/aromatic N) is 4. The molecule has 0 bridgehead atoms. The predicted octanol–water partition coefficient (Wildman–Crippen LogP) is 4.70. The average Bonchev–Trinajstić information content (AvgIpc) is 3.46. The van der Waals surface area contributed by atoms with Crippen LogP contribution < -0.4 is 15.8 Å². The summed E-state index contributed by atoms with van der Waals surface area (Å²) in [6.45, 7) is 3.92. The van der Waals surface area contributed by atoms with Gasteiger partial charge in [-0.25, -0.2) is 9.18 Å². The molecular weight excluding hydrogens is 504 g/mol. The minimum atomic E-state index is -4.84.